The van der Waals surface area contributed by atoms with Gasteiger partial charge in [0.25, 0.3) is 0 Å². The molecule has 1 aromatic carbocycles. The van der Waals surface area contributed by atoms with Crippen LogP contribution >= 0.6 is 0 Å². The molecule has 0 amide bonds. The molecule has 1 aliphatic rings. The Kier molecular flexibility index (Phi) is 4.08. The van der Waals surface area contributed by atoms with Crippen LogP contribution in [0.25, 0.3) is 0 Å². The van der Waals surface area contributed by atoms with Crippen LogP contribution in [0.2, 0.25) is 0 Å². The first-order chi connectivity index (χ1) is 8.53. The SMILES string of the molecule is CCC(C)(C)N(C)CC1Cc2ccccc2CN1. The van der Waals surface area contributed by atoms with E-state index in [-0.39, 0.29) is 0 Å². The summed E-state index contributed by atoms with van der Waals surface area (Å²) < 4.78 is 0. The highest BCUT2D eigenvalue weighted by Gasteiger charge is 2.25. The van der Waals surface area contributed by atoms with E-state index in [9.17, 15) is 0 Å². The summed E-state index contributed by atoms with van der Waals surface area (Å²) in [6.45, 7) is 9.05. The van der Waals surface area contributed by atoms with Crippen LogP contribution in [-0.4, -0.2) is 30.1 Å². The molecule has 0 aliphatic carbocycles. The van der Waals surface area contributed by atoms with Gasteiger partial charge in [0, 0.05) is 24.7 Å². The predicted molar refractivity (Wildman–Crippen MR) is 77.8 cm³/mol. The van der Waals surface area contributed by atoms with E-state index in [1.54, 1.807) is 0 Å². The molecule has 0 fully saturated rings. The van der Waals surface area contributed by atoms with E-state index in [4.69, 9.17) is 0 Å². The molecule has 1 atom stereocenters. The molecule has 0 bridgehead atoms. The van der Waals surface area contributed by atoms with Crippen LogP contribution < -0.4 is 5.32 Å². The van der Waals surface area contributed by atoms with Crippen molar-refractivity contribution in [2.24, 2.45) is 0 Å². The maximum absolute atomic E-state index is 3.66. The number of nitrogens with zero attached hydrogens (tertiary/aromatic N) is 1. The molecule has 100 valence electrons. The largest absolute Gasteiger partial charge is 0.308 e. The Bertz CT molecular complexity index is 398. The van der Waals surface area contributed by atoms with E-state index in [1.807, 2.05) is 0 Å². The molecule has 1 unspecified atom stereocenters. The van der Waals surface area contributed by atoms with E-state index < -0.39 is 0 Å². The number of hydrogen-bond acceptors (Lipinski definition) is 2. The molecule has 0 saturated heterocycles. The lowest BCUT2D eigenvalue weighted by Crippen LogP contribution is -2.50. The van der Waals surface area contributed by atoms with Crippen LogP contribution in [0.5, 0.6) is 0 Å². The highest BCUT2D eigenvalue weighted by Crippen LogP contribution is 2.20. The zero-order valence-corrected chi connectivity index (χ0v) is 12.2. The second kappa shape index (κ2) is 5.41. The molecule has 2 heteroatoms. The lowest BCUT2D eigenvalue weighted by atomic mass is 9.93. The van der Waals surface area contributed by atoms with Crippen LogP contribution in [0.15, 0.2) is 24.3 Å². The Balaban J connectivity index is 1.98. The van der Waals surface area contributed by atoms with Gasteiger partial charge >= 0.3 is 0 Å². The fourth-order valence-electron chi connectivity index (χ4n) is 2.50. The summed E-state index contributed by atoms with van der Waals surface area (Å²) in [7, 11) is 2.24. The second-order valence-electron chi connectivity index (χ2n) is 6.10. The number of hydrogen-bond donors (Lipinski definition) is 1. The van der Waals surface area contributed by atoms with Gasteiger partial charge in [-0.05, 0) is 44.9 Å². The molecule has 0 radical (unpaired) electrons. The van der Waals surface area contributed by atoms with Gasteiger partial charge in [-0.3, -0.25) is 4.90 Å². The topological polar surface area (TPSA) is 15.3 Å². The Morgan fingerprint density at radius 1 is 1.28 bits per heavy atom. The van der Waals surface area contributed by atoms with Gasteiger partial charge in [0.2, 0.25) is 0 Å². The van der Waals surface area contributed by atoms with Crippen molar-refractivity contribution >= 4 is 0 Å². The lowest BCUT2D eigenvalue weighted by molar-refractivity contribution is 0.133. The van der Waals surface area contributed by atoms with Crippen molar-refractivity contribution in [3.63, 3.8) is 0 Å². The van der Waals surface area contributed by atoms with E-state index in [0.29, 0.717) is 11.6 Å². The first-order valence-electron chi connectivity index (χ1n) is 7.04. The van der Waals surface area contributed by atoms with Crippen LogP contribution in [0.1, 0.15) is 38.3 Å². The van der Waals surface area contributed by atoms with E-state index in [1.165, 1.54) is 17.5 Å². The molecule has 2 rings (SSSR count). The zero-order chi connectivity index (χ0) is 13.2. The minimum absolute atomic E-state index is 0.290. The van der Waals surface area contributed by atoms with Gasteiger partial charge < -0.3 is 5.32 Å². The maximum atomic E-state index is 3.66. The Hall–Kier alpha value is -0.860. The first-order valence-corrected chi connectivity index (χ1v) is 7.04. The highest BCUT2D eigenvalue weighted by atomic mass is 15.2. The number of benzene rings is 1. The molecule has 1 heterocycles. The van der Waals surface area contributed by atoms with Crippen molar-refractivity contribution in [1.82, 2.24) is 10.2 Å². The summed E-state index contributed by atoms with van der Waals surface area (Å²) in [4.78, 5) is 2.48. The maximum Gasteiger partial charge on any atom is 0.0238 e. The Labute approximate surface area is 111 Å². The van der Waals surface area contributed by atoms with Crippen LogP contribution in [0.3, 0.4) is 0 Å². The molecule has 18 heavy (non-hydrogen) atoms. The van der Waals surface area contributed by atoms with Crippen molar-refractivity contribution in [3.8, 4) is 0 Å². The smallest absolute Gasteiger partial charge is 0.0238 e. The average molecular weight is 246 g/mol. The quantitative estimate of drug-likeness (QED) is 0.879. The summed E-state index contributed by atoms with van der Waals surface area (Å²) in [5.41, 5.74) is 3.27. The highest BCUT2D eigenvalue weighted by molar-refractivity contribution is 5.29. The van der Waals surface area contributed by atoms with Crippen LogP contribution in [0, 0.1) is 0 Å². The van der Waals surface area contributed by atoms with Crippen LogP contribution in [-0.2, 0) is 13.0 Å². The van der Waals surface area contributed by atoms with E-state index >= 15 is 0 Å². The summed E-state index contributed by atoms with van der Waals surface area (Å²) in [5.74, 6) is 0. The fourth-order valence-corrected chi connectivity index (χ4v) is 2.50. The second-order valence-corrected chi connectivity index (χ2v) is 6.10. The monoisotopic (exact) mass is 246 g/mol. The van der Waals surface area contributed by atoms with Crippen molar-refractivity contribution in [2.45, 2.75) is 51.7 Å². The molecule has 0 saturated carbocycles. The standard InChI is InChI=1S/C16H26N2/c1-5-16(2,3)18(4)12-15-10-13-8-6-7-9-14(13)11-17-15/h6-9,15,17H,5,10-12H2,1-4H3. The molecular formula is C16H26N2. The average Bonchev–Trinajstić information content (AvgIpc) is 2.38. The first kappa shape index (κ1) is 13.6. The zero-order valence-electron chi connectivity index (χ0n) is 12.2. The summed E-state index contributed by atoms with van der Waals surface area (Å²) in [6, 6.07) is 9.37. The summed E-state index contributed by atoms with van der Waals surface area (Å²) in [6.07, 6.45) is 2.34. The van der Waals surface area contributed by atoms with Crippen molar-refractivity contribution in [2.75, 3.05) is 13.6 Å². The minimum atomic E-state index is 0.290. The van der Waals surface area contributed by atoms with Gasteiger partial charge in [-0.1, -0.05) is 31.2 Å². The third-order valence-corrected chi connectivity index (χ3v) is 4.56. The predicted octanol–water partition coefficient (Wildman–Crippen LogP) is 2.82. The summed E-state index contributed by atoms with van der Waals surface area (Å²) in [5, 5.41) is 3.66. The van der Waals surface area contributed by atoms with E-state index in [2.05, 4.69) is 62.3 Å². The number of fused-ring (bicyclic) bond motifs is 1. The molecule has 2 nitrogen and oxygen atoms in total. The van der Waals surface area contributed by atoms with Gasteiger partial charge in [0.05, 0.1) is 0 Å². The lowest BCUT2D eigenvalue weighted by Gasteiger charge is -2.38. The summed E-state index contributed by atoms with van der Waals surface area (Å²) >= 11 is 0. The Morgan fingerprint density at radius 3 is 2.61 bits per heavy atom. The van der Waals surface area contributed by atoms with Crippen molar-refractivity contribution in [1.29, 1.82) is 0 Å². The number of nitrogens with one attached hydrogen (secondary N) is 1. The van der Waals surface area contributed by atoms with Gasteiger partial charge in [-0.2, -0.15) is 0 Å². The molecule has 1 N–H and O–H groups in total. The van der Waals surface area contributed by atoms with Gasteiger partial charge in [-0.15, -0.1) is 0 Å². The van der Waals surface area contributed by atoms with E-state index in [0.717, 1.165) is 19.5 Å². The van der Waals surface area contributed by atoms with Crippen molar-refractivity contribution in [3.05, 3.63) is 35.4 Å². The molecular weight excluding hydrogens is 220 g/mol. The van der Waals surface area contributed by atoms with Crippen LogP contribution in [0.4, 0.5) is 0 Å². The van der Waals surface area contributed by atoms with Gasteiger partial charge in [-0.25, -0.2) is 0 Å². The molecule has 0 aromatic heterocycles. The minimum Gasteiger partial charge on any atom is -0.308 e. The number of rotatable bonds is 4. The number of likely N-dealkylation sites (N-methyl/N-ethyl adjacent to an activating group) is 1. The Morgan fingerprint density at radius 2 is 1.94 bits per heavy atom. The molecule has 1 aromatic rings. The fraction of sp³-hybridized carbons (Fsp3) is 0.625. The third kappa shape index (κ3) is 2.93. The molecule has 1 aliphatic heterocycles. The normalized spacial score (nSPS) is 19.9. The van der Waals surface area contributed by atoms with Crippen molar-refractivity contribution < 1.29 is 0 Å². The van der Waals surface area contributed by atoms with Gasteiger partial charge in [0.1, 0.15) is 0 Å². The van der Waals surface area contributed by atoms with Gasteiger partial charge in [0.15, 0.2) is 0 Å². The third-order valence-electron chi connectivity index (χ3n) is 4.56. The molecule has 0 spiro atoms.